The van der Waals surface area contributed by atoms with Crippen molar-refractivity contribution in [1.82, 2.24) is 0 Å². The van der Waals surface area contributed by atoms with Gasteiger partial charge in [-0.25, -0.2) is 4.79 Å². The highest BCUT2D eigenvalue weighted by Gasteiger charge is 2.02. The van der Waals surface area contributed by atoms with Crippen molar-refractivity contribution in [2.24, 2.45) is 0 Å². The molecule has 14 heavy (non-hydrogen) atoms. The first kappa shape index (κ1) is 10.1. The lowest BCUT2D eigenvalue weighted by atomic mass is 10.1. The molecule has 0 aliphatic heterocycles. The molecular weight excluding hydrogens is 182 g/mol. The highest BCUT2D eigenvalue weighted by atomic mass is 16.5. The van der Waals surface area contributed by atoms with Crippen molar-refractivity contribution in [3.63, 3.8) is 0 Å². The average molecular weight is 193 g/mol. The van der Waals surface area contributed by atoms with E-state index in [0.29, 0.717) is 17.0 Å². The summed E-state index contributed by atoms with van der Waals surface area (Å²) in [5.41, 5.74) is 6.73. The summed E-state index contributed by atoms with van der Waals surface area (Å²) in [5, 5.41) is 8.46. The molecule has 0 amide bonds. The summed E-state index contributed by atoms with van der Waals surface area (Å²) in [7, 11) is 1.51. The molecule has 1 rings (SSSR count). The second-order valence-electron chi connectivity index (χ2n) is 2.63. The standard InChI is InChI=1S/C10H11NO3/c1-14-9-4-2-3-8(11)7(9)5-6-10(12)13/h2-6H,11H2,1H3,(H,12,13)/b6-5+. The lowest BCUT2D eigenvalue weighted by molar-refractivity contribution is -0.131. The van der Waals surface area contributed by atoms with E-state index in [9.17, 15) is 4.79 Å². The Balaban J connectivity index is 3.11. The highest BCUT2D eigenvalue weighted by Crippen LogP contribution is 2.25. The second kappa shape index (κ2) is 4.32. The van der Waals surface area contributed by atoms with Crippen LogP contribution in [0.4, 0.5) is 5.69 Å². The van der Waals surface area contributed by atoms with E-state index in [1.54, 1.807) is 18.2 Å². The summed E-state index contributed by atoms with van der Waals surface area (Å²) < 4.78 is 5.03. The van der Waals surface area contributed by atoms with Crippen LogP contribution in [0.25, 0.3) is 6.08 Å². The Morgan fingerprint density at radius 1 is 1.57 bits per heavy atom. The van der Waals surface area contributed by atoms with Gasteiger partial charge >= 0.3 is 5.97 Å². The van der Waals surface area contributed by atoms with E-state index in [4.69, 9.17) is 15.6 Å². The van der Waals surface area contributed by atoms with Gasteiger partial charge in [-0.1, -0.05) is 6.07 Å². The minimum Gasteiger partial charge on any atom is -0.496 e. The first-order valence-corrected chi connectivity index (χ1v) is 3.98. The largest absolute Gasteiger partial charge is 0.496 e. The Bertz CT molecular complexity index is 372. The van der Waals surface area contributed by atoms with E-state index in [2.05, 4.69) is 0 Å². The molecule has 0 saturated carbocycles. The van der Waals surface area contributed by atoms with Crippen molar-refractivity contribution in [3.8, 4) is 5.75 Å². The van der Waals surface area contributed by atoms with E-state index in [0.717, 1.165) is 6.08 Å². The van der Waals surface area contributed by atoms with Crippen molar-refractivity contribution in [2.75, 3.05) is 12.8 Å². The Morgan fingerprint density at radius 3 is 2.86 bits per heavy atom. The number of carbonyl (C=O) groups is 1. The molecule has 74 valence electrons. The van der Waals surface area contributed by atoms with Gasteiger partial charge < -0.3 is 15.6 Å². The fourth-order valence-corrected chi connectivity index (χ4v) is 1.07. The number of hydrogen-bond acceptors (Lipinski definition) is 3. The maximum absolute atomic E-state index is 10.3. The van der Waals surface area contributed by atoms with Gasteiger partial charge in [-0.05, 0) is 18.2 Å². The molecule has 0 saturated heterocycles. The number of carboxylic acid groups (broad SMARTS) is 1. The van der Waals surface area contributed by atoms with Gasteiger partial charge in [0.15, 0.2) is 0 Å². The van der Waals surface area contributed by atoms with Gasteiger partial charge in [0, 0.05) is 17.3 Å². The fraction of sp³-hybridized carbons (Fsp3) is 0.100. The smallest absolute Gasteiger partial charge is 0.328 e. The van der Waals surface area contributed by atoms with Crippen LogP contribution in [-0.2, 0) is 4.79 Å². The molecule has 0 aliphatic rings. The quantitative estimate of drug-likeness (QED) is 0.561. The average Bonchev–Trinajstić information content (AvgIpc) is 2.15. The molecule has 1 aromatic carbocycles. The maximum Gasteiger partial charge on any atom is 0.328 e. The molecule has 0 unspecified atom stereocenters. The van der Waals surface area contributed by atoms with Gasteiger partial charge in [0.2, 0.25) is 0 Å². The van der Waals surface area contributed by atoms with E-state index in [1.807, 2.05) is 0 Å². The van der Waals surface area contributed by atoms with Gasteiger partial charge in [-0.2, -0.15) is 0 Å². The SMILES string of the molecule is COc1cccc(N)c1/C=C/C(=O)O. The Morgan fingerprint density at radius 2 is 2.29 bits per heavy atom. The molecule has 4 heteroatoms. The number of nitrogens with two attached hydrogens (primary N) is 1. The minimum atomic E-state index is -1.02. The fourth-order valence-electron chi connectivity index (χ4n) is 1.07. The van der Waals surface area contributed by atoms with E-state index in [1.165, 1.54) is 13.2 Å². The van der Waals surface area contributed by atoms with Crippen LogP contribution >= 0.6 is 0 Å². The summed E-state index contributed by atoms with van der Waals surface area (Å²) in [6.07, 6.45) is 2.44. The van der Waals surface area contributed by atoms with Crippen molar-refractivity contribution in [3.05, 3.63) is 29.8 Å². The number of rotatable bonds is 3. The lowest BCUT2D eigenvalue weighted by Crippen LogP contribution is -1.94. The van der Waals surface area contributed by atoms with Crippen molar-refractivity contribution in [2.45, 2.75) is 0 Å². The minimum absolute atomic E-state index is 0.488. The van der Waals surface area contributed by atoms with Gasteiger partial charge in [0.05, 0.1) is 7.11 Å². The molecule has 0 fully saturated rings. The van der Waals surface area contributed by atoms with Crippen LogP contribution in [0.15, 0.2) is 24.3 Å². The number of benzene rings is 1. The van der Waals surface area contributed by atoms with E-state index < -0.39 is 5.97 Å². The molecule has 0 atom stereocenters. The first-order chi connectivity index (χ1) is 6.65. The monoisotopic (exact) mass is 193 g/mol. The second-order valence-corrected chi connectivity index (χ2v) is 2.63. The molecule has 1 aromatic rings. The van der Waals surface area contributed by atoms with Crippen LogP contribution in [-0.4, -0.2) is 18.2 Å². The Hall–Kier alpha value is -1.97. The molecule has 0 spiro atoms. The third kappa shape index (κ3) is 2.26. The Labute approximate surface area is 81.6 Å². The van der Waals surface area contributed by atoms with Crippen LogP contribution in [0, 0.1) is 0 Å². The Kier molecular flexibility index (Phi) is 3.12. The van der Waals surface area contributed by atoms with Gasteiger partial charge in [-0.3, -0.25) is 0 Å². The van der Waals surface area contributed by atoms with Gasteiger partial charge in [0.25, 0.3) is 0 Å². The van der Waals surface area contributed by atoms with Crippen molar-refractivity contribution in [1.29, 1.82) is 0 Å². The van der Waals surface area contributed by atoms with Crippen LogP contribution < -0.4 is 10.5 Å². The zero-order valence-corrected chi connectivity index (χ0v) is 7.73. The number of nitrogen functional groups attached to an aromatic ring is 1. The number of hydrogen-bond donors (Lipinski definition) is 2. The van der Waals surface area contributed by atoms with Crippen LogP contribution in [0.3, 0.4) is 0 Å². The van der Waals surface area contributed by atoms with E-state index >= 15 is 0 Å². The molecule has 0 heterocycles. The number of aliphatic carboxylic acids is 1. The van der Waals surface area contributed by atoms with E-state index in [-0.39, 0.29) is 0 Å². The van der Waals surface area contributed by atoms with Gasteiger partial charge in [-0.15, -0.1) is 0 Å². The molecule has 3 N–H and O–H groups in total. The molecule has 0 radical (unpaired) electrons. The van der Waals surface area contributed by atoms with Crippen LogP contribution in [0.2, 0.25) is 0 Å². The zero-order chi connectivity index (χ0) is 10.6. The number of methoxy groups -OCH3 is 1. The molecule has 0 bridgehead atoms. The summed E-state index contributed by atoms with van der Waals surface area (Å²) in [4.78, 5) is 10.3. The number of anilines is 1. The number of ether oxygens (including phenoxy) is 1. The maximum atomic E-state index is 10.3. The van der Waals surface area contributed by atoms with Crippen LogP contribution in [0.1, 0.15) is 5.56 Å². The van der Waals surface area contributed by atoms with Gasteiger partial charge in [0.1, 0.15) is 5.75 Å². The highest BCUT2D eigenvalue weighted by molar-refractivity contribution is 5.87. The summed E-state index contributed by atoms with van der Waals surface area (Å²) in [6, 6.07) is 5.15. The third-order valence-corrected chi connectivity index (χ3v) is 1.71. The van der Waals surface area contributed by atoms with Crippen molar-refractivity contribution >= 4 is 17.7 Å². The summed E-state index contributed by atoms with van der Waals surface area (Å²) >= 11 is 0. The van der Waals surface area contributed by atoms with Crippen molar-refractivity contribution < 1.29 is 14.6 Å². The molecule has 0 aliphatic carbocycles. The summed E-state index contributed by atoms with van der Waals surface area (Å²) in [5.74, 6) is -0.460. The summed E-state index contributed by atoms with van der Waals surface area (Å²) in [6.45, 7) is 0. The predicted molar refractivity (Wildman–Crippen MR) is 54.1 cm³/mol. The lowest BCUT2D eigenvalue weighted by Gasteiger charge is -2.06. The van der Waals surface area contributed by atoms with Crippen LogP contribution in [0.5, 0.6) is 5.75 Å². The predicted octanol–water partition coefficient (Wildman–Crippen LogP) is 1.38. The molecule has 4 nitrogen and oxygen atoms in total. The topological polar surface area (TPSA) is 72.5 Å². The first-order valence-electron chi connectivity index (χ1n) is 3.98. The normalized spacial score (nSPS) is 10.4. The molecular formula is C10H11NO3. The molecule has 0 aromatic heterocycles. The number of carboxylic acids is 1. The third-order valence-electron chi connectivity index (χ3n) is 1.71. The zero-order valence-electron chi connectivity index (χ0n) is 7.73.